The van der Waals surface area contributed by atoms with Gasteiger partial charge < -0.3 is 14.2 Å². The van der Waals surface area contributed by atoms with Gasteiger partial charge in [0.25, 0.3) is 0 Å². The van der Waals surface area contributed by atoms with Crippen molar-refractivity contribution in [1.82, 2.24) is 9.78 Å². The Labute approximate surface area is 141 Å². The van der Waals surface area contributed by atoms with Gasteiger partial charge in [0.1, 0.15) is 0 Å². The highest BCUT2D eigenvalue weighted by atomic mass is 16.5. The molecule has 1 heterocycles. The van der Waals surface area contributed by atoms with Gasteiger partial charge in [0.05, 0.1) is 27.0 Å². The molecule has 0 radical (unpaired) electrons. The van der Waals surface area contributed by atoms with E-state index in [0.717, 1.165) is 22.4 Å². The van der Waals surface area contributed by atoms with Gasteiger partial charge in [-0.05, 0) is 35.4 Å². The van der Waals surface area contributed by atoms with Gasteiger partial charge in [-0.15, -0.1) is 0 Å². The fourth-order valence-corrected chi connectivity index (χ4v) is 2.67. The van der Waals surface area contributed by atoms with Crippen LogP contribution in [0, 0.1) is 0 Å². The van der Waals surface area contributed by atoms with E-state index in [1.165, 1.54) is 0 Å². The lowest BCUT2D eigenvalue weighted by atomic mass is 10.0. The highest BCUT2D eigenvalue weighted by Gasteiger charge is 2.14. The lowest BCUT2D eigenvalue weighted by Crippen LogP contribution is -1.95. The molecule has 0 N–H and O–H groups in total. The Bertz CT molecular complexity index is 830. The van der Waals surface area contributed by atoms with Crippen molar-refractivity contribution in [2.24, 2.45) is 7.05 Å². The van der Waals surface area contributed by atoms with E-state index < -0.39 is 0 Å². The Hall–Kier alpha value is -2.95. The standard InChI is InChI=1S/C19H20N2O3/c1-21-9-8-16(20-21)14-7-5-6-13(10-14)15-11-17(22-2)19(24-4)18(12-15)23-3/h5-12H,1-4H3. The molecule has 0 spiro atoms. The van der Waals surface area contributed by atoms with Gasteiger partial charge in [-0.3, -0.25) is 4.68 Å². The van der Waals surface area contributed by atoms with Crippen molar-refractivity contribution >= 4 is 0 Å². The van der Waals surface area contributed by atoms with Crippen molar-refractivity contribution in [2.75, 3.05) is 21.3 Å². The molecular formula is C19H20N2O3. The third-order valence-electron chi connectivity index (χ3n) is 3.87. The maximum atomic E-state index is 5.44. The van der Waals surface area contributed by atoms with E-state index in [2.05, 4.69) is 11.2 Å². The summed E-state index contributed by atoms with van der Waals surface area (Å²) in [4.78, 5) is 0. The third-order valence-corrected chi connectivity index (χ3v) is 3.87. The Morgan fingerprint density at radius 3 is 2.00 bits per heavy atom. The van der Waals surface area contributed by atoms with Crippen LogP contribution >= 0.6 is 0 Å². The zero-order valence-corrected chi connectivity index (χ0v) is 14.2. The van der Waals surface area contributed by atoms with Gasteiger partial charge in [0.15, 0.2) is 11.5 Å². The molecule has 0 atom stereocenters. The fraction of sp³-hybridized carbons (Fsp3) is 0.211. The number of aryl methyl sites for hydroxylation is 1. The van der Waals surface area contributed by atoms with Crippen LogP contribution in [-0.4, -0.2) is 31.1 Å². The molecular weight excluding hydrogens is 304 g/mol. The first kappa shape index (κ1) is 15.9. The minimum atomic E-state index is 0.588. The van der Waals surface area contributed by atoms with Crippen LogP contribution in [0.15, 0.2) is 48.7 Å². The molecule has 0 amide bonds. The minimum absolute atomic E-state index is 0.588. The zero-order chi connectivity index (χ0) is 17.1. The first-order chi connectivity index (χ1) is 11.7. The van der Waals surface area contributed by atoms with Crippen molar-refractivity contribution in [2.45, 2.75) is 0 Å². The van der Waals surface area contributed by atoms with E-state index in [1.54, 1.807) is 26.0 Å². The predicted molar refractivity (Wildman–Crippen MR) is 93.7 cm³/mol. The molecule has 24 heavy (non-hydrogen) atoms. The predicted octanol–water partition coefficient (Wildman–Crippen LogP) is 3.78. The summed E-state index contributed by atoms with van der Waals surface area (Å²) in [5.74, 6) is 1.86. The lowest BCUT2D eigenvalue weighted by molar-refractivity contribution is 0.324. The molecule has 0 unspecified atom stereocenters. The van der Waals surface area contributed by atoms with Crippen LogP contribution in [0.3, 0.4) is 0 Å². The van der Waals surface area contributed by atoms with Crippen molar-refractivity contribution < 1.29 is 14.2 Å². The van der Waals surface area contributed by atoms with Crippen LogP contribution in [0.25, 0.3) is 22.4 Å². The first-order valence-corrected chi connectivity index (χ1v) is 7.56. The molecule has 5 heteroatoms. The Morgan fingerprint density at radius 1 is 0.792 bits per heavy atom. The van der Waals surface area contributed by atoms with Gasteiger partial charge >= 0.3 is 0 Å². The molecule has 0 aliphatic heterocycles. The summed E-state index contributed by atoms with van der Waals surface area (Å²) in [6.07, 6.45) is 1.93. The van der Waals surface area contributed by atoms with E-state index in [1.807, 2.05) is 49.6 Å². The number of aromatic nitrogens is 2. The van der Waals surface area contributed by atoms with Crippen LogP contribution in [0.4, 0.5) is 0 Å². The van der Waals surface area contributed by atoms with E-state index in [-0.39, 0.29) is 0 Å². The average Bonchev–Trinajstić information content (AvgIpc) is 3.07. The summed E-state index contributed by atoms with van der Waals surface area (Å²) < 4.78 is 18.1. The fourth-order valence-electron chi connectivity index (χ4n) is 2.67. The molecule has 3 aromatic rings. The second-order valence-electron chi connectivity index (χ2n) is 5.37. The van der Waals surface area contributed by atoms with Crippen molar-refractivity contribution in [3.63, 3.8) is 0 Å². The minimum Gasteiger partial charge on any atom is -0.493 e. The molecule has 0 aliphatic rings. The Balaban J connectivity index is 2.09. The number of hydrogen-bond donors (Lipinski definition) is 0. The molecule has 0 fully saturated rings. The van der Waals surface area contributed by atoms with Crippen LogP contribution in [0.2, 0.25) is 0 Å². The van der Waals surface area contributed by atoms with E-state index in [9.17, 15) is 0 Å². The molecule has 5 nitrogen and oxygen atoms in total. The second kappa shape index (κ2) is 6.66. The summed E-state index contributed by atoms with van der Waals surface area (Å²) in [6, 6.07) is 14.1. The highest BCUT2D eigenvalue weighted by molar-refractivity contribution is 5.75. The van der Waals surface area contributed by atoms with Crippen molar-refractivity contribution in [3.8, 4) is 39.6 Å². The molecule has 0 aliphatic carbocycles. The second-order valence-corrected chi connectivity index (χ2v) is 5.37. The summed E-state index contributed by atoms with van der Waals surface area (Å²) in [6.45, 7) is 0. The average molecular weight is 324 g/mol. The van der Waals surface area contributed by atoms with Crippen molar-refractivity contribution in [3.05, 3.63) is 48.7 Å². The number of hydrogen-bond acceptors (Lipinski definition) is 4. The summed E-state index contributed by atoms with van der Waals surface area (Å²) in [5.41, 5.74) is 4.04. The van der Waals surface area contributed by atoms with Crippen molar-refractivity contribution in [1.29, 1.82) is 0 Å². The van der Waals surface area contributed by atoms with E-state index in [0.29, 0.717) is 17.2 Å². The van der Waals surface area contributed by atoms with Gasteiger partial charge in [-0.2, -0.15) is 5.10 Å². The lowest BCUT2D eigenvalue weighted by Gasteiger charge is -2.14. The highest BCUT2D eigenvalue weighted by Crippen LogP contribution is 2.41. The van der Waals surface area contributed by atoms with E-state index >= 15 is 0 Å². The smallest absolute Gasteiger partial charge is 0.203 e. The summed E-state index contributed by atoms with van der Waals surface area (Å²) >= 11 is 0. The Morgan fingerprint density at radius 2 is 1.46 bits per heavy atom. The van der Waals surface area contributed by atoms with Gasteiger partial charge in [-0.1, -0.05) is 18.2 Å². The largest absolute Gasteiger partial charge is 0.493 e. The number of methoxy groups -OCH3 is 3. The van der Waals surface area contributed by atoms with Gasteiger partial charge in [-0.25, -0.2) is 0 Å². The number of rotatable bonds is 5. The Kier molecular flexibility index (Phi) is 4.42. The molecule has 1 aromatic heterocycles. The molecule has 0 bridgehead atoms. The van der Waals surface area contributed by atoms with Crippen LogP contribution in [-0.2, 0) is 7.05 Å². The topological polar surface area (TPSA) is 45.5 Å². The van der Waals surface area contributed by atoms with Gasteiger partial charge in [0.2, 0.25) is 5.75 Å². The maximum Gasteiger partial charge on any atom is 0.203 e. The summed E-state index contributed by atoms with van der Waals surface area (Å²) in [5, 5.41) is 4.46. The summed E-state index contributed by atoms with van der Waals surface area (Å²) in [7, 11) is 6.74. The molecule has 0 saturated carbocycles. The normalized spacial score (nSPS) is 10.5. The van der Waals surface area contributed by atoms with Crippen LogP contribution < -0.4 is 14.2 Å². The molecule has 124 valence electrons. The van der Waals surface area contributed by atoms with Crippen LogP contribution in [0.5, 0.6) is 17.2 Å². The SMILES string of the molecule is COc1cc(-c2cccc(-c3ccn(C)n3)c2)cc(OC)c1OC. The van der Waals surface area contributed by atoms with E-state index in [4.69, 9.17) is 14.2 Å². The third kappa shape index (κ3) is 2.93. The molecule has 0 saturated heterocycles. The number of nitrogens with zero attached hydrogens (tertiary/aromatic N) is 2. The maximum absolute atomic E-state index is 5.44. The molecule has 2 aromatic carbocycles. The zero-order valence-electron chi connectivity index (χ0n) is 14.2. The molecule has 3 rings (SSSR count). The first-order valence-electron chi connectivity index (χ1n) is 7.56. The van der Waals surface area contributed by atoms with Crippen LogP contribution in [0.1, 0.15) is 0 Å². The quantitative estimate of drug-likeness (QED) is 0.716. The monoisotopic (exact) mass is 324 g/mol. The number of benzene rings is 2. The number of ether oxygens (including phenoxy) is 3. The van der Waals surface area contributed by atoms with Gasteiger partial charge in [0, 0.05) is 18.8 Å².